The molecular formula is C11H15N3OS. The van der Waals surface area contributed by atoms with Gasteiger partial charge in [-0.15, -0.1) is 0 Å². The number of thiophene rings is 1. The lowest BCUT2D eigenvalue weighted by Gasteiger charge is -2.03. The van der Waals surface area contributed by atoms with Gasteiger partial charge in [-0.2, -0.15) is 16.3 Å². The highest BCUT2D eigenvalue weighted by Gasteiger charge is 2.14. The van der Waals surface area contributed by atoms with Crippen LogP contribution in [-0.4, -0.2) is 16.7 Å². The van der Waals surface area contributed by atoms with Crippen LogP contribution in [-0.2, 0) is 0 Å². The van der Waals surface area contributed by atoms with Crippen LogP contribution >= 0.6 is 11.3 Å². The van der Waals surface area contributed by atoms with Crippen LogP contribution in [0.5, 0.6) is 0 Å². The van der Waals surface area contributed by atoms with Crippen molar-refractivity contribution < 1.29 is 4.52 Å². The molecule has 2 heterocycles. The Kier molecular flexibility index (Phi) is 3.69. The molecule has 2 aromatic heterocycles. The van der Waals surface area contributed by atoms with Gasteiger partial charge in [-0.3, -0.25) is 0 Å². The van der Waals surface area contributed by atoms with Gasteiger partial charge in [-0.1, -0.05) is 12.1 Å². The summed E-state index contributed by atoms with van der Waals surface area (Å²) >= 11 is 1.63. The van der Waals surface area contributed by atoms with Gasteiger partial charge in [0.15, 0.2) is 0 Å². The number of nitrogens with zero attached hydrogens (tertiary/aromatic N) is 2. The van der Waals surface area contributed by atoms with Crippen molar-refractivity contribution in [3.05, 3.63) is 22.7 Å². The molecule has 4 nitrogen and oxygen atoms in total. The number of aromatic nitrogens is 2. The molecule has 0 aliphatic rings. The first-order chi connectivity index (χ1) is 7.81. The molecule has 0 aliphatic heterocycles. The van der Waals surface area contributed by atoms with Crippen LogP contribution in [0.25, 0.3) is 11.4 Å². The van der Waals surface area contributed by atoms with Crippen molar-refractivity contribution in [1.29, 1.82) is 0 Å². The summed E-state index contributed by atoms with van der Waals surface area (Å²) in [6.45, 7) is 2.79. The molecule has 0 radical (unpaired) electrons. The quantitative estimate of drug-likeness (QED) is 0.868. The van der Waals surface area contributed by atoms with Gasteiger partial charge in [0.2, 0.25) is 11.7 Å². The highest BCUT2D eigenvalue weighted by molar-refractivity contribution is 7.08. The molecule has 0 aliphatic carbocycles. The molecule has 0 amide bonds. The predicted octanol–water partition coefficient (Wildman–Crippen LogP) is 2.64. The van der Waals surface area contributed by atoms with Crippen LogP contribution in [0.1, 0.15) is 31.6 Å². The van der Waals surface area contributed by atoms with Gasteiger partial charge in [-0.05, 0) is 30.8 Å². The standard InChI is InChI=1S/C11H15N3OS/c1-8(3-2-5-12)11-13-10(14-15-11)9-4-6-16-7-9/h4,6-8H,2-3,5,12H2,1H3. The molecule has 0 saturated heterocycles. The fourth-order valence-electron chi connectivity index (χ4n) is 1.49. The zero-order valence-electron chi connectivity index (χ0n) is 9.22. The average Bonchev–Trinajstić information content (AvgIpc) is 2.94. The van der Waals surface area contributed by atoms with Gasteiger partial charge in [-0.25, -0.2) is 0 Å². The van der Waals surface area contributed by atoms with Crippen LogP contribution in [0.15, 0.2) is 21.3 Å². The van der Waals surface area contributed by atoms with Crippen LogP contribution in [0.2, 0.25) is 0 Å². The Bertz CT molecular complexity index is 424. The molecule has 2 aromatic rings. The van der Waals surface area contributed by atoms with Gasteiger partial charge >= 0.3 is 0 Å². The summed E-state index contributed by atoms with van der Waals surface area (Å²) in [4.78, 5) is 4.39. The van der Waals surface area contributed by atoms with Crippen molar-refractivity contribution in [3.8, 4) is 11.4 Å². The summed E-state index contributed by atoms with van der Waals surface area (Å²) in [5.41, 5.74) is 6.49. The van der Waals surface area contributed by atoms with Gasteiger partial charge in [0.1, 0.15) is 0 Å². The average molecular weight is 237 g/mol. The van der Waals surface area contributed by atoms with Crippen molar-refractivity contribution in [2.45, 2.75) is 25.7 Å². The first-order valence-electron chi connectivity index (χ1n) is 5.37. The summed E-state index contributed by atoms with van der Waals surface area (Å²) in [6, 6.07) is 1.99. The van der Waals surface area contributed by atoms with E-state index >= 15 is 0 Å². The van der Waals surface area contributed by atoms with Gasteiger partial charge < -0.3 is 10.3 Å². The Labute approximate surface area is 98.5 Å². The molecule has 0 bridgehead atoms. The number of hydrogen-bond donors (Lipinski definition) is 1. The third-order valence-corrected chi connectivity index (χ3v) is 3.17. The highest BCUT2D eigenvalue weighted by Crippen LogP contribution is 2.23. The lowest BCUT2D eigenvalue weighted by molar-refractivity contribution is 0.352. The minimum absolute atomic E-state index is 0.281. The predicted molar refractivity (Wildman–Crippen MR) is 64.3 cm³/mol. The number of hydrogen-bond acceptors (Lipinski definition) is 5. The Morgan fingerprint density at radius 3 is 3.12 bits per heavy atom. The maximum atomic E-state index is 5.47. The van der Waals surface area contributed by atoms with E-state index in [9.17, 15) is 0 Å². The van der Waals surface area contributed by atoms with E-state index in [1.54, 1.807) is 11.3 Å². The Morgan fingerprint density at radius 1 is 1.56 bits per heavy atom. The topological polar surface area (TPSA) is 64.9 Å². The number of nitrogens with two attached hydrogens (primary N) is 1. The van der Waals surface area contributed by atoms with Crippen LogP contribution < -0.4 is 5.73 Å². The molecule has 0 spiro atoms. The van der Waals surface area contributed by atoms with Crippen molar-refractivity contribution in [3.63, 3.8) is 0 Å². The lowest BCUT2D eigenvalue weighted by Crippen LogP contribution is -2.02. The molecule has 86 valence electrons. The third-order valence-electron chi connectivity index (χ3n) is 2.48. The summed E-state index contributed by atoms with van der Waals surface area (Å²) in [6.07, 6.45) is 1.97. The van der Waals surface area contributed by atoms with Crippen LogP contribution in [0.3, 0.4) is 0 Å². The Morgan fingerprint density at radius 2 is 2.44 bits per heavy atom. The van der Waals surface area contributed by atoms with Crippen LogP contribution in [0.4, 0.5) is 0 Å². The van der Waals surface area contributed by atoms with Gasteiger partial charge in [0, 0.05) is 16.9 Å². The summed E-state index contributed by atoms with van der Waals surface area (Å²) in [5, 5.41) is 7.99. The first kappa shape index (κ1) is 11.3. The van der Waals surface area contributed by atoms with E-state index in [0.29, 0.717) is 18.3 Å². The fourth-order valence-corrected chi connectivity index (χ4v) is 2.13. The maximum absolute atomic E-state index is 5.47. The molecule has 1 unspecified atom stereocenters. The molecule has 0 saturated carbocycles. The molecular weight excluding hydrogens is 222 g/mol. The molecule has 16 heavy (non-hydrogen) atoms. The third kappa shape index (κ3) is 2.48. The maximum Gasteiger partial charge on any atom is 0.229 e. The zero-order chi connectivity index (χ0) is 11.4. The molecule has 0 fully saturated rings. The zero-order valence-corrected chi connectivity index (χ0v) is 10.0. The van der Waals surface area contributed by atoms with E-state index in [1.807, 2.05) is 16.8 Å². The second-order valence-electron chi connectivity index (χ2n) is 3.80. The monoisotopic (exact) mass is 237 g/mol. The van der Waals surface area contributed by atoms with E-state index in [2.05, 4.69) is 17.1 Å². The highest BCUT2D eigenvalue weighted by atomic mass is 32.1. The lowest BCUT2D eigenvalue weighted by atomic mass is 10.1. The smallest absolute Gasteiger partial charge is 0.229 e. The molecule has 0 aromatic carbocycles. The Hall–Kier alpha value is -1.20. The number of rotatable bonds is 5. The normalized spacial score (nSPS) is 12.9. The summed E-state index contributed by atoms with van der Waals surface area (Å²) in [5.74, 6) is 1.66. The van der Waals surface area contributed by atoms with Crippen molar-refractivity contribution >= 4 is 11.3 Å². The van der Waals surface area contributed by atoms with Crippen molar-refractivity contribution in [2.24, 2.45) is 5.73 Å². The van der Waals surface area contributed by atoms with E-state index in [1.165, 1.54) is 0 Å². The second kappa shape index (κ2) is 5.23. The molecule has 5 heteroatoms. The fraction of sp³-hybridized carbons (Fsp3) is 0.455. The molecule has 2 rings (SSSR count). The van der Waals surface area contributed by atoms with Gasteiger partial charge in [0.25, 0.3) is 0 Å². The van der Waals surface area contributed by atoms with E-state index in [4.69, 9.17) is 10.3 Å². The summed E-state index contributed by atoms with van der Waals surface area (Å²) < 4.78 is 5.25. The molecule has 2 N–H and O–H groups in total. The van der Waals surface area contributed by atoms with E-state index in [0.717, 1.165) is 18.4 Å². The SMILES string of the molecule is CC(CCCN)c1nc(-c2ccsc2)no1. The van der Waals surface area contributed by atoms with E-state index < -0.39 is 0 Å². The minimum Gasteiger partial charge on any atom is -0.339 e. The van der Waals surface area contributed by atoms with Crippen molar-refractivity contribution in [1.82, 2.24) is 10.1 Å². The first-order valence-corrected chi connectivity index (χ1v) is 6.31. The second-order valence-corrected chi connectivity index (χ2v) is 4.58. The summed E-state index contributed by atoms with van der Waals surface area (Å²) in [7, 11) is 0. The van der Waals surface area contributed by atoms with E-state index in [-0.39, 0.29) is 5.92 Å². The largest absolute Gasteiger partial charge is 0.339 e. The molecule has 1 atom stereocenters. The minimum atomic E-state index is 0.281. The van der Waals surface area contributed by atoms with Gasteiger partial charge in [0.05, 0.1) is 0 Å². The Balaban J connectivity index is 2.07. The van der Waals surface area contributed by atoms with Crippen molar-refractivity contribution in [2.75, 3.05) is 6.54 Å². The van der Waals surface area contributed by atoms with Crippen LogP contribution in [0, 0.1) is 0 Å².